The molecule has 0 fully saturated rings. The van der Waals surface area contributed by atoms with E-state index in [0.717, 1.165) is 18.8 Å². The van der Waals surface area contributed by atoms with Crippen LogP contribution in [-0.2, 0) is 0 Å². The van der Waals surface area contributed by atoms with Gasteiger partial charge in [0, 0.05) is 25.6 Å². The molecule has 98 valence electrons. The van der Waals surface area contributed by atoms with Gasteiger partial charge in [0.05, 0.1) is 13.2 Å². The first kappa shape index (κ1) is 14.5. The van der Waals surface area contributed by atoms with Gasteiger partial charge >= 0.3 is 0 Å². The molecule has 0 radical (unpaired) electrons. The highest BCUT2D eigenvalue weighted by Gasteiger charge is 2.13. The van der Waals surface area contributed by atoms with Gasteiger partial charge in [0.15, 0.2) is 0 Å². The fourth-order valence-corrected chi connectivity index (χ4v) is 1.81. The predicted octanol–water partition coefficient (Wildman–Crippen LogP) is 1.80. The van der Waals surface area contributed by atoms with Gasteiger partial charge in [-0.05, 0) is 31.8 Å². The molecule has 0 bridgehead atoms. The monoisotopic (exact) mass is 247 g/mol. The van der Waals surface area contributed by atoms with Crippen LogP contribution in [0.3, 0.4) is 0 Å². The summed E-state index contributed by atoms with van der Waals surface area (Å²) >= 11 is 0. The van der Waals surface area contributed by atoms with Gasteiger partial charge in [-0.1, -0.05) is 12.1 Å². The molecule has 0 aliphatic heterocycles. The second kappa shape index (κ2) is 7.70. The Hall–Kier alpha value is -1.57. The number of rotatable bonds is 7. The summed E-state index contributed by atoms with van der Waals surface area (Å²) in [6.45, 7) is 1.57. The van der Waals surface area contributed by atoms with E-state index in [0.29, 0.717) is 12.5 Å². The Labute approximate surface area is 109 Å². The van der Waals surface area contributed by atoms with Crippen molar-refractivity contribution in [2.75, 3.05) is 34.3 Å². The number of nitrogens with one attached hydrogen (secondary N) is 1. The Morgan fingerprint density at radius 1 is 1.33 bits per heavy atom. The molecule has 1 rings (SSSR count). The normalized spacial score (nSPS) is 12.2. The Morgan fingerprint density at radius 3 is 2.50 bits per heavy atom. The van der Waals surface area contributed by atoms with Crippen molar-refractivity contribution in [2.24, 2.45) is 0 Å². The maximum absolute atomic E-state index is 8.50. The highest BCUT2D eigenvalue weighted by molar-refractivity contribution is 5.29. The molecule has 0 spiro atoms. The largest absolute Gasteiger partial charge is 0.497 e. The molecule has 1 aromatic rings. The van der Waals surface area contributed by atoms with Crippen LogP contribution in [0.15, 0.2) is 24.3 Å². The first-order valence-electron chi connectivity index (χ1n) is 6.07. The minimum atomic E-state index is 0.301. The molecule has 18 heavy (non-hydrogen) atoms. The van der Waals surface area contributed by atoms with Crippen molar-refractivity contribution in [3.05, 3.63) is 29.8 Å². The summed E-state index contributed by atoms with van der Waals surface area (Å²) in [5, 5.41) is 11.8. The van der Waals surface area contributed by atoms with Crippen molar-refractivity contribution < 1.29 is 4.74 Å². The zero-order valence-corrected chi connectivity index (χ0v) is 11.3. The third-order valence-electron chi connectivity index (χ3n) is 2.88. The van der Waals surface area contributed by atoms with Crippen molar-refractivity contribution in [1.82, 2.24) is 10.2 Å². The van der Waals surface area contributed by atoms with E-state index in [1.54, 1.807) is 7.11 Å². The Bertz CT molecular complexity index is 381. The van der Waals surface area contributed by atoms with E-state index in [-0.39, 0.29) is 0 Å². The van der Waals surface area contributed by atoms with Gasteiger partial charge in [0.25, 0.3) is 0 Å². The van der Waals surface area contributed by atoms with Crippen molar-refractivity contribution in [3.8, 4) is 11.8 Å². The van der Waals surface area contributed by atoms with Crippen LogP contribution < -0.4 is 10.1 Å². The van der Waals surface area contributed by atoms with Crippen molar-refractivity contribution in [1.29, 1.82) is 5.26 Å². The van der Waals surface area contributed by atoms with E-state index in [4.69, 9.17) is 10.00 Å². The lowest BCUT2D eigenvalue weighted by Crippen LogP contribution is -2.31. The lowest BCUT2D eigenvalue weighted by Gasteiger charge is -2.25. The van der Waals surface area contributed by atoms with Crippen LogP contribution in [0.25, 0.3) is 0 Å². The van der Waals surface area contributed by atoms with Gasteiger partial charge in [0.2, 0.25) is 0 Å². The van der Waals surface area contributed by atoms with Crippen LogP contribution >= 0.6 is 0 Å². The summed E-state index contributed by atoms with van der Waals surface area (Å²) in [4.78, 5) is 2.17. The summed E-state index contributed by atoms with van der Waals surface area (Å²) in [5.74, 6) is 0.869. The highest BCUT2D eigenvalue weighted by atomic mass is 16.5. The number of methoxy groups -OCH3 is 1. The maximum Gasteiger partial charge on any atom is 0.118 e. The first-order chi connectivity index (χ1) is 8.69. The molecule has 0 amide bonds. The predicted molar refractivity (Wildman–Crippen MR) is 72.5 cm³/mol. The van der Waals surface area contributed by atoms with Crippen molar-refractivity contribution in [2.45, 2.75) is 12.5 Å². The second-order valence-corrected chi connectivity index (χ2v) is 4.36. The van der Waals surface area contributed by atoms with Crippen LogP contribution in [0.1, 0.15) is 18.0 Å². The lowest BCUT2D eigenvalue weighted by atomic mass is 10.1. The van der Waals surface area contributed by atoms with Crippen molar-refractivity contribution in [3.63, 3.8) is 0 Å². The van der Waals surface area contributed by atoms with E-state index in [1.807, 2.05) is 12.1 Å². The number of hydrogen-bond acceptors (Lipinski definition) is 4. The van der Waals surface area contributed by atoms with Gasteiger partial charge in [-0.2, -0.15) is 5.26 Å². The summed E-state index contributed by atoms with van der Waals surface area (Å²) in [6.07, 6.45) is 0.544. The van der Waals surface area contributed by atoms with E-state index >= 15 is 0 Å². The van der Waals surface area contributed by atoms with Gasteiger partial charge < -0.3 is 15.0 Å². The molecular formula is C14H21N3O. The SMILES string of the molecule is COc1ccc([C@H](CNCCC#N)N(C)C)cc1. The van der Waals surface area contributed by atoms with E-state index in [9.17, 15) is 0 Å². The summed E-state index contributed by atoms with van der Waals surface area (Å²) in [7, 11) is 5.78. The number of ether oxygens (including phenoxy) is 1. The average Bonchev–Trinajstić information content (AvgIpc) is 2.39. The fourth-order valence-electron chi connectivity index (χ4n) is 1.81. The van der Waals surface area contributed by atoms with Gasteiger partial charge in [-0.15, -0.1) is 0 Å². The molecule has 1 aromatic carbocycles. The molecule has 1 atom stereocenters. The fraction of sp³-hybridized carbons (Fsp3) is 0.500. The van der Waals surface area contributed by atoms with E-state index in [2.05, 4.69) is 42.5 Å². The van der Waals surface area contributed by atoms with Gasteiger partial charge in [-0.25, -0.2) is 0 Å². The summed E-state index contributed by atoms with van der Waals surface area (Å²) < 4.78 is 5.16. The number of benzene rings is 1. The molecule has 0 saturated carbocycles. The standard InChI is InChI=1S/C14H21N3O/c1-17(2)14(11-16-10-4-9-15)12-5-7-13(18-3)8-6-12/h5-8,14,16H,4,10-11H2,1-3H3/t14-/m0/s1. The van der Waals surface area contributed by atoms with Gasteiger partial charge in [0.1, 0.15) is 5.75 Å². The highest BCUT2D eigenvalue weighted by Crippen LogP contribution is 2.20. The van der Waals surface area contributed by atoms with E-state index in [1.165, 1.54) is 5.56 Å². The van der Waals surface area contributed by atoms with Crippen LogP contribution in [0.4, 0.5) is 0 Å². The molecule has 4 heteroatoms. The van der Waals surface area contributed by atoms with Crippen LogP contribution in [0.5, 0.6) is 5.75 Å². The number of nitrogens with zero attached hydrogens (tertiary/aromatic N) is 2. The van der Waals surface area contributed by atoms with E-state index < -0.39 is 0 Å². The molecule has 0 aliphatic rings. The van der Waals surface area contributed by atoms with Crippen LogP contribution in [0, 0.1) is 11.3 Å². The minimum absolute atomic E-state index is 0.301. The molecule has 0 unspecified atom stereocenters. The number of hydrogen-bond donors (Lipinski definition) is 1. The quantitative estimate of drug-likeness (QED) is 0.746. The first-order valence-corrected chi connectivity index (χ1v) is 6.07. The molecule has 4 nitrogen and oxygen atoms in total. The molecule has 0 heterocycles. The molecule has 0 saturated heterocycles. The smallest absolute Gasteiger partial charge is 0.118 e. The molecule has 0 aromatic heterocycles. The zero-order chi connectivity index (χ0) is 13.4. The average molecular weight is 247 g/mol. The van der Waals surface area contributed by atoms with Crippen LogP contribution in [0.2, 0.25) is 0 Å². The number of nitriles is 1. The molecule has 1 N–H and O–H groups in total. The molecule has 0 aliphatic carbocycles. The van der Waals surface area contributed by atoms with Gasteiger partial charge in [-0.3, -0.25) is 0 Å². The Morgan fingerprint density at radius 2 is 2.00 bits per heavy atom. The summed E-state index contributed by atoms with van der Waals surface area (Å²) in [5.41, 5.74) is 1.24. The topological polar surface area (TPSA) is 48.3 Å². The number of likely N-dealkylation sites (N-methyl/N-ethyl adjacent to an activating group) is 1. The Balaban J connectivity index is 2.62. The lowest BCUT2D eigenvalue weighted by molar-refractivity contribution is 0.289. The summed E-state index contributed by atoms with van der Waals surface area (Å²) in [6, 6.07) is 10.5. The third-order valence-corrected chi connectivity index (χ3v) is 2.88. The minimum Gasteiger partial charge on any atom is -0.497 e. The van der Waals surface area contributed by atoms with Crippen LogP contribution in [-0.4, -0.2) is 39.2 Å². The Kier molecular flexibility index (Phi) is 6.20. The third kappa shape index (κ3) is 4.36. The zero-order valence-electron chi connectivity index (χ0n) is 11.3. The van der Waals surface area contributed by atoms with Crippen molar-refractivity contribution >= 4 is 0 Å². The second-order valence-electron chi connectivity index (χ2n) is 4.36. The maximum atomic E-state index is 8.50. The molecular weight excluding hydrogens is 226 g/mol.